The molecule has 6 heteroatoms. The third-order valence-corrected chi connectivity index (χ3v) is 5.58. The molecule has 3 aromatic heterocycles. The van der Waals surface area contributed by atoms with Crippen LogP contribution in [-0.2, 0) is 12.1 Å². The summed E-state index contributed by atoms with van der Waals surface area (Å²) in [6.45, 7) is 5.07. The molecule has 0 aliphatic carbocycles. The summed E-state index contributed by atoms with van der Waals surface area (Å²) in [4.78, 5) is 15.9. The second-order valence-corrected chi connectivity index (χ2v) is 7.32. The Balaban J connectivity index is 1.40. The van der Waals surface area contributed by atoms with Crippen molar-refractivity contribution in [3.63, 3.8) is 0 Å². The first-order valence-electron chi connectivity index (χ1n) is 9.14. The minimum absolute atomic E-state index is 0.0636. The molecule has 1 N–H and O–H groups in total. The first kappa shape index (κ1) is 15.5. The fraction of sp³-hybridized carbons (Fsp3) is 0.350. The quantitative estimate of drug-likeness (QED) is 0.773. The molecule has 6 nitrogen and oxygen atoms in total. The van der Waals surface area contributed by atoms with Gasteiger partial charge in [0.2, 0.25) is 0 Å². The van der Waals surface area contributed by atoms with Crippen LogP contribution in [0.15, 0.2) is 49.2 Å². The van der Waals surface area contributed by atoms with Gasteiger partial charge in [-0.2, -0.15) is 0 Å². The number of nitrogens with zero attached hydrogens (tertiary/aromatic N) is 5. The summed E-state index contributed by atoms with van der Waals surface area (Å²) < 4.78 is 2.16. The van der Waals surface area contributed by atoms with Crippen LogP contribution in [0.1, 0.15) is 29.8 Å². The van der Waals surface area contributed by atoms with Gasteiger partial charge in [0.15, 0.2) is 5.82 Å². The maximum Gasteiger partial charge on any atom is 0.161 e. The van der Waals surface area contributed by atoms with Crippen LogP contribution >= 0.6 is 0 Å². The number of likely N-dealkylation sites (tertiary alicyclic amines) is 1. The van der Waals surface area contributed by atoms with Crippen LogP contribution in [0.25, 0.3) is 5.82 Å². The molecule has 0 atom stereocenters. The third kappa shape index (κ3) is 2.49. The van der Waals surface area contributed by atoms with Crippen LogP contribution in [-0.4, -0.2) is 37.5 Å². The number of imidazole rings is 1. The molecule has 5 rings (SSSR count). The van der Waals surface area contributed by atoms with Gasteiger partial charge < -0.3 is 5.32 Å². The third-order valence-electron chi connectivity index (χ3n) is 5.58. The summed E-state index contributed by atoms with van der Waals surface area (Å²) >= 11 is 0. The highest BCUT2D eigenvalue weighted by Gasteiger charge is 2.42. The van der Waals surface area contributed by atoms with E-state index in [2.05, 4.69) is 43.0 Å². The molecule has 0 saturated carbocycles. The second-order valence-electron chi connectivity index (χ2n) is 7.32. The Morgan fingerprint density at radius 1 is 1.12 bits per heavy atom. The van der Waals surface area contributed by atoms with Gasteiger partial charge in [0.1, 0.15) is 6.33 Å². The summed E-state index contributed by atoms with van der Waals surface area (Å²) in [7, 11) is 0. The number of hydrogen-bond donors (Lipinski definition) is 1. The molecule has 0 bridgehead atoms. The minimum atomic E-state index is -0.0636. The van der Waals surface area contributed by atoms with Gasteiger partial charge in [-0.3, -0.25) is 14.5 Å². The lowest BCUT2D eigenvalue weighted by molar-refractivity contribution is 0.161. The number of hydrogen-bond acceptors (Lipinski definition) is 5. The SMILES string of the molecule is Cc1ccc2c(n1)-n1cncc1C1(CCN(Cc3cccnc3)CC1)N2. The van der Waals surface area contributed by atoms with Crippen LogP contribution in [0.5, 0.6) is 0 Å². The Kier molecular flexibility index (Phi) is 3.53. The molecule has 1 saturated heterocycles. The van der Waals surface area contributed by atoms with Crippen molar-refractivity contribution >= 4 is 5.69 Å². The average molecular weight is 346 g/mol. The van der Waals surface area contributed by atoms with Gasteiger partial charge in [-0.15, -0.1) is 0 Å². The summed E-state index contributed by atoms with van der Waals surface area (Å²) in [5, 5.41) is 3.80. The molecule has 1 fully saturated rings. The molecule has 2 aliphatic rings. The van der Waals surface area contributed by atoms with E-state index in [1.807, 2.05) is 37.9 Å². The highest BCUT2D eigenvalue weighted by atomic mass is 15.2. The van der Waals surface area contributed by atoms with E-state index in [0.29, 0.717) is 0 Å². The van der Waals surface area contributed by atoms with Gasteiger partial charge in [-0.05, 0) is 43.5 Å². The maximum absolute atomic E-state index is 4.72. The zero-order chi connectivity index (χ0) is 17.6. The van der Waals surface area contributed by atoms with Crippen molar-refractivity contribution in [1.82, 2.24) is 24.4 Å². The highest BCUT2D eigenvalue weighted by Crippen LogP contribution is 2.42. The normalized spacial score (nSPS) is 18.2. The van der Waals surface area contributed by atoms with Crippen LogP contribution in [0.3, 0.4) is 0 Å². The predicted octanol–water partition coefficient (Wildman–Crippen LogP) is 2.89. The highest BCUT2D eigenvalue weighted by molar-refractivity contribution is 5.63. The molecular formula is C20H22N6. The number of fused-ring (bicyclic) bond motifs is 4. The van der Waals surface area contributed by atoms with Crippen molar-refractivity contribution in [1.29, 1.82) is 0 Å². The Hall–Kier alpha value is -2.73. The Morgan fingerprint density at radius 3 is 2.81 bits per heavy atom. The van der Waals surface area contributed by atoms with Crippen molar-refractivity contribution in [2.75, 3.05) is 18.4 Å². The Labute approximate surface area is 152 Å². The first-order chi connectivity index (χ1) is 12.7. The van der Waals surface area contributed by atoms with E-state index in [4.69, 9.17) is 4.98 Å². The van der Waals surface area contributed by atoms with E-state index >= 15 is 0 Å². The average Bonchev–Trinajstić information content (AvgIpc) is 3.17. The van der Waals surface area contributed by atoms with Gasteiger partial charge in [-0.25, -0.2) is 9.97 Å². The smallest absolute Gasteiger partial charge is 0.161 e. The van der Waals surface area contributed by atoms with Gasteiger partial charge in [0, 0.05) is 37.7 Å². The van der Waals surface area contributed by atoms with Crippen LogP contribution in [0.2, 0.25) is 0 Å². The lowest BCUT2D eigenvalue weighted by atomic mass is 9.83. The number of pyridine rings is 2. The van der Waals surface area contributed by atoms with Crippen molar-refractivity contribution in [3.05, 3.63) is 66.1 Å². The summed E-state index contributed by atoms with van der Waals surface area (Å²) in [5.41, 5.74) is 4.56. The molecule has 3 aromatic rings. The lowest BCUT2D eigenvalue weighted by Crippen LogP contribution is -2.49. The fourth-order valence-electron chi connectivity index (χ4n) is 4.19. The molecule has 1 spiro atoms. The van der Waals surface area contributed by atoms with E-state index in [0.717, 1.165) is 49.7 Å². The molecule has 0 radical (unpaired) electrons. The number of aryl methyl sites for hydroxylation is 1. The largest absolute Gasteiger partial charge is 0.371 e. The van der Waals surface area contributed by atoms with Gasteiger partial charge >= 0.3 is 0 Å². The van der Waals surface area contributed by atoms with Crippen molar-refractivity contribution in [3.8, 4) is 5.82 Å². The maximum atomic E-state index is 4.72. The van der Waals surface area contributed by atoms with E-state index in [1.54, 1.807) is 0 Å². The van der Waals surface area contributed by atoms with Crippen LogP contribution in [0, 0.1) is 6.92 Å². The molecule has 0 unspecified atom stereocenters. The van der Waals surface area contributed by atoms with Crippen LogP contribution in [0.4, 0.5) is 5.69 Å². The van der Waals surface area contributed by atoms with Gasteiger partial charge in [0.05, 0.1) is 23.1 Å². The topological polar surface area (TPSA) is 58.9 Å². The standard InChI is InChI=1S/C20H22N6/c1-15-4-5-17-19(23-15)26-14-22-12-18(26)20(24-17)6-9-25(10-7-20)13-16-3-2-8-21-11-16/h2-5,8,11-12,14,24H,6-7,9-10,13H2,1H3. The number of aromatic nitrogens is 4. The summed E-state index contributed by atoms with van der Waals surface area (Å²) in [6.07, 6.45) is 9.78. The number of anilines is 1. The molecule has 26 heavy (non-hydrogen) atoms. The van der Waals surface area contributed by atoms with Gasteiger partial charge in [-0.1, -0.05) is 6.07 Å². The Bertz CT molecular complexity index is 924. The molecule has 132 valence electrons. The zero-order valence-corrected chi connectivity index (χ0v) is 14.9. The minimum Gasteiger partial charge on any atom is -0.371 e. The van der Waals surface area contributed by atoms with E-state index in [-0.39, 0.29) is 5.54 Å². The monoisotopic (exact) mass is 346 g/mol. The number of nitrogens with one attached hydrogen (secondary N) is 1. The zero-order valence-electron chi connectivity index (χ0n) is 14.9. The van der Waals surface area contributed by atoms with E-state index in [1.165, 1.54) is 11.3 Å². The first-order valence-corrected chi connectivity index (χ1v) is 9.14. The lowest BCUT2D eigenvalue weighted by Gasteiger charge is -2.45. The predicted molar refractivity (Wildman–Crippen MR) is 100 cm³/mol. The fourth-order valence-corrected chi connectivity index (χ4v) is 4.19. The summed E-state index contributed by atoms with van der Waals surface area (Å²) in [6, 6.07) is 8.37. The van der Waals surface area contributed by atoms with Crippen LogP contribution < -0.4 is 5.32 Å². The van der Waals surface area contributed by atoms with E-state index in [9.17, 15) is 0 Å². The molecule has 5 heterocycles. The number of rotatable bonds is 2. The Morgan fingerprint density at radius 2 is 2.00 bits per heavy atom. The number of piperidine rings is 1. The molecular weight excluding hydrogens is 324 g/mol. The van der Waals surface area contributed by atoms with Crippen molar-refractivity contribution in [2.24, 2.45) is 0 Å². The molecule has 2 aliphatic heterocycles. The summed E-state index contributed by atoms with van der Waals surface area (Å²) in [5.74, 6) is 0.959. The van der Waals surface area contributed by atoms with Gasteiger partial charge in [0.25, 0.3) is 0 Å². The molecule has 0 amide bonds. The van der Waals surface area contributed by atoms with Crippen molar-refractivity contribution < 1.29 is 0 Å². The van der Waals surface area contributed by atoms with E-state index < -0.39 is 0 Å². The van der Waals surface area contributed by atoms with Crippen molar-refractivity contribution in [2.45, 2.75) is 31.8 Å². The second kappa shape index (κ2) is 5.92. The molecule has 0 aromatic carbocycles.